The van der Waals surface area contributed by atoms with E-state index in [0.717, 1.165) is 11.3 Å². The summed E-state index contributed by atoms with van der Waals surface area (Å²) in [6, 6.07) is 11.5. The molecule has 2 aromatic carbocycles. The van der Waals surface area contributed by atoms with Crippen LogP contribution in [0, 0.1) is 0 Å². The van der Waals surface area contributed by atoms with Crippen molar-refractivity contribution in [2.75, 3.05) is 16.4 Å². The Bertz CT molecular complexity index is 1030. The SMILES string of the molecule is O=C(CSc1nnc(NC(=O)c2cc(Cl)ccc2Cl)s1)Nc1cccc(Cl)c1. The summed E-state index contributed by atoms with van der Waals surface area (Å²) < 4.78 is 0.536. The Morgan fingerprint density at radius 2 is 1.79 bits per heavy atom. The van der Waals surface area contributed by atoms with Gasteiger partial charge in [0.2, 0.25) is 11.0 Å². The number of halogens is 3. The van der Waals surface area contributed by atoms with E-state index in [1.165, 1.54) is 17.8 Å². The average Bonchev–Trinajstić information content (AvgIpc) is 3.09. The quantitative estimate of drug-likeness (QED) is 0.366. The van der Waals surface area contributed by atoms with Crippen molar-refractivity contribution in [3.8, 4) is 0 Å². The van der Waals surface area contributed by atoms with Gasteiger partial charge < -0.3 is 5.32 Å². The van der Waals surface area contributed by atoms with E-state index in [1.807, 2.05) is 0 Å². The van der Waals surface area contributed by atoms with Crippen LogP contribution in [0.1, 0.15) is 10.4 Å². The molecule has 1 aromatic heterocycles. The predicted molar refractivity (Wildman–Crippen MR) is 115 cm³/mol. The minimum atomic E-state index is -0.445. The molecule has 0 saturated heterocycles. The van der Waals surface area contributed by atoms with Gasteiger partial charge in [-0.1, -0.05) is 64.0 Å². The second-order valence-electron chi connectivity index (χ2n) is 5.30. The number of rotatable bonds is 6. The fourth-order valence-electron chi connectivity index (χ4n) is 2.05. The van der Waals surface area contributed by atoms with Crippen LogP contribution >= 0.6 is 57.9 Å². The van der Waals surface area contributed by atoms with Crippen molar-refractivity contribution in [2.45, 2.75) is 4.34 Å². The largest absolute Gasteiger partial charge is 0.325 e. The summed E-state index contributed by atoms with van der Waals surface area (Å²) in [5.74, 6) is -0.521. The lowest BCUT2D eigenvalue weighted by Crippen LogP contribution is -2.13. The van der Waals surface area contributed by atoms with Crippen LogP contribution in [0.2, 0.25) is 15.1 Å². The maximum absolute atomic E-state index is 12.3. The molecule has 0 aliphatic carbocycles. The van der Waals surface area contributed by atoms with Crippen LogP contribution in [0.25, 0.3) is 0 Å². The summed E-state index contributed by atoms with van der Waals surface area (Å²) >= 11 is 20.1. The van der Waals surface area contributed by atoms with Crippen LogP contribution in [0.4, 0.5) is 10.8 Å². The van der Waals surface area contributed by atoms with Gasteiger partial charge in [-0.2, -0.15) is 0 Å². The van der Waals surface area contributed by atoms with Crippen molar-refractivity contribution in [2.24, 2.45) is 0 Å². The molecule has 0 spiro atoms. The molecule has 0 saturated carbocycles. The zero-order chi connectivity index (χ0) is 20.1. The summed E-state index contributed by atoms with van der Waals surface area (Å²) in [4.78, 5) is 24.3. The molecule has 2 amide bonds. The molecule has 2 N–H and O–H groups in total. The number of hydrogen-bond donors (Lipinski definition) is 2. The van der Waals surface area contributed by atoms with Gasteiger partial charge in [0.1, 0.15) is 0 Å². The molecular weight excluding hydrogens is 463 g/mol. The standard InChI is InChI=1S/C17H11Cl3N4O2S2/c18-9-2-1-3-11(6-9)21-14(25)8-27-17-24-23-16(28-17)22-15(26)12-7-10(19)4-5-13(12)20/h1-7H,8H2,(H,21,25)(H,22,23,26). The number of hydrogen-bond acceptors (Lipinski definition) is 6. The number of nitrogens with zero attached hydrogens (tertiary/aromatic N) is 2. The van der Waals surface area contributed by atoms with Crippen molar-refractivity contribution >= 4 is 80.5 Å². The number of carbonyl (C=O) groups is 2. The van der Waals surface area contributed by atoms with E-state index in [-0.39, 0.29) is 22.2 Å². The third kappa shape index (κ3) is 5.83. The lowest BCUT2D eigenvalue weighted by molar-refractivity contribution is -0.113. The van der Waals surface area contributed by atoms with Gasteiger partial charge in [-0.15, -0.1) is 10.2 Å². The molecular formula is C17H11Cl3N4O2S2. The zero-order valence-corrected chi connectivity index (χ0v) is 17.8. The molecule has 0 bridgehead atoms. The van der Waals surface area contributed by atoms with Crippen molar-refractivity contribution < 1.29 is 9.59 Å². The molecule has 0 unspecified atom stereocenters. The van der Waals surface area contributed by atoms with E-state index >= 15 is 0 Å². The highest BCUT2D eigenvalue weighted by Gasteiger charge is 2.15. The Kier molecular flexibility index (Phi) is 7.14. The van der Waals surface area contributed by atoms with Gasteiger partial charge in [0.25, 0.3) is 5.91 Å². The number of thioether (sulfide) groups is 1. The summed E-state index contributed by atoms with van der Waals surface area (Å²) in [6.45, 7) is 0. The van der Waals surface area contributed by atoms with Crippen LogP contribution in [-0.2, 0) is 4.79 Å². The minimum Gasteiger partial charge on any atom is -0.325 e. The summed E-state index contributed by atoms with van der Waals surface area (Å²) in [7, 11) is 0. The van der Waals surface area contributed by atoms with E-state index in [2.05, 4.69) is 20.8 Å². The van der Waals surface area contributed by atoms with Crippen LogP contribution in [0.5, 0.6) is 0 Å². The maximum Gasteiger partial charge on any atom is 0.259 e. The first-order chi connectivity index (χ1) is 13.4. The van der Waals surface area contributed by atoms with Gasteiger partial charge in [0.05, 0.1) is 16.3 Å². The van der Waals surface area contributed by atoms with Gasteiger partial charge >= 0.3 is 0 Å². The van der Waals surface area contributed by atoms with Gasteiger partial charge in [0, 0.05) is 15.7 Å². The third-order valence-corrected chi connectivity index (χ3v) is 6.01. The Labute approximate surface area is 183 Å². The van der Waals surface area contributed by atoms with Gasteiger partial charge in [-0.3, -0.25) is 14.9 Å². The van der Waals surface area contributed by atoms with Gasteiger partial charge in [0.15, 0.2) is 4.34 Å². The Balaban J connectivity index is 1.54. The number of anilines is 2. The first-order valence-electron chi connectivity index (χ1n) is 7.69. The number of carbonyl (C=O) groups excluding carboxylic acids is 2. The summed E-state index contributed by atoms with van der Waals surface area (Å²) in [5.41, 5.74) is 0.848. The van der Waals surface area contributed by atoms with Gasteiger partial charge in [-0.25, -0.2) is 0 Å². The summed E-state index contributed by atoms with van der Waals surface area (Å²) in [6.07, 6.45) is 0. The van der Waals surface area contributed by atoms with Crippen LogP contribution in [0.3, 0.4) is 0 Å². The zero-order valence-electron chi connectivity index (χ0n) is 13.9. The average molecular weight is 474 g/mol. The molecule has 1 heterocycles. The molecule has 3 rings (SSSR count). The van der Waals surface area contributed by atoms with Crippen molar-refractivity contribution in [1.82, 2.24) is 10.2 Å². The number of aromatic nitrogens is 2. The first kappa shape index (κ1) is 20.9. The molecule has 6 nitrogen and oxygen atoms in total. The first-order valence-corrected chi connectivity index (χ1v) is 10.6. The Morgan fingerprint density at radius 1 is 1.00 bits per heavy atom. The lowest BCUT2D eigenvalue weighted by atomic mass is 10.2. The fourth-order valence-corrected chi connectivity index (χ4v) is 4.16. The van der Waals surface area contributed by atoms with Crippen LogP contribution in [0.15, 0.2) is 46.8 Å². The van der Waals surface area contributed by atoms with E-state index < -0.39 is 5.91 Å². The Morgan fingerprint density at radius 3 is 2.57 bits per heavy atom. The van der Waals surface area contributed by atoms with E-state index in [4.69, 9.17) is 34.8 Å². The third-order valence-electron chi connectivity index (χ3n) is 3.24. The van der Waals surface area contributed by atoms with E-state index in [9.17, 15) is 9.59 Å². The number of nitrogens with one attached hydrogen (secondary N) is 2. The second kappa shape index (κ2) is 9.58. The van der Waals surface area contributed by atoms with Crippen molar-refractivity contribution in [1.29, 1.82) is 0 Å². The maximum atomic E-state index is 12.3. The van der Waals surface area contributed by atoms with E-state index in [0.29, 0.717) is 25.2 Å². The highest BCUT2D eigenvalue weighted by Crippen LogP contribution is 2.27. The highest BCUT2D eigenvalue weighted by atomic mass is 35.5. The minimum absolute atomic E-state index is 0.134. The van der Waals surface area contributed by atoms with Crippen molar-refractivity contribution in [3.63, 3.8) is 0 Å². The predicted octanol–water partition coefficient (Wildman–Crippen LogP) is 5.48. The molecule has 144 valence electrons. The molecule has 0 radical (unpaired) electrons. The lowest BCUT2D eigenvalue weighted by Gasteiger charge is -2.04. The second-order valence-corrected chi connectivity index (χ2v) is 8.78. The topological polar surface area (TPSA) is 84.0 Å². The molecule has 0 atom stereocenters. The summed E-state index contributed by atoms with van der Waals surface area (Å²) in [5, 5.41) is 14.7. The van der Waals surface area contributed by atoms with Crippen molar-refractivity contribution in [3.05, 3.63) is 63.1 Å². The fraction of sp³-hybridized carbons (Fsp3) is 0.0588. The van der Waals surface area contributed by atoms with Crippen LogP contribution in [-0.4, -0.2) is 27.8 Å². The molecule has 0 fully saturated rings. The monoisotopic (exact) mass is 472 g/mol. The molecule has 0 aliphatic heterocycles. The molecule has 0 aliphatic rings. The molecule has 28 heavy (non-hydrogen) atoms. The Hall–Kier alpha value is -1.84. The van der Waals surface area contributed by atoms with Gasteiger partial charge in [-0.05, 0) is 36.4 Å². The normalized spacial score (nSPS) is 10.5. The smallest absolute Gasteiger partial charge is 0.259 e. The number of amides is 2. The molecule has 3 aromatic rings. The molecule has 11 heteroatoms. The van der Waals surface area contributed by atoms with Crippen LogP contribution < -0.4 is 10.6 Å². The van der Waals surface area contributed by atoms with E-state index in [1.54, 1.807) is 36.4 Å². The highest BCUT2D eigenvalue weighted by molar-refractivity contribution is 8.01. The number of benzene rings is 2.